The van der Waals surface area contributed by atoms with Gasteiger partial charge in [-0.15, -0.1) is 0 Å². The van der Waals surface area contributed by atoms with Crippen molar-refractivity contribution in [1.82, 2.24) is 19.6 Å². The fourth-order valence-corrected chi connectivity index (χ4v) is 3.75. The van der Waals surface area contributed by atoms with Gasteiger partial charge in [0.1, 0.15) is 5.75 Å². The number of rotatable bonds is 7. The van der Waals surface area contributed by atoms with Crippen LogP contribution in [0.2, 0.25) is 0 Å². The van der Waals surface area contributed by atoms with Crippen LogP contribution in [0.5, 0.6) is 5.75 Å². The first-order chi connectivity index (χ1) is 13.1. The minimum Gasteiger partial charge on any atom is -0.497 e. The van der Waals surface area contributed by atoms with Crippen molar-refractivity contribution in [2.75, 3.05) is 33.3 Å². The molecule has 6 heteroatoms. The molecular weight excluding hydrogens is 340 g/mol. The molecule has 0 saturated heterocycles. The van der Waals surface area contributed by atoms with Gasteiger partial charge in [0.15, 0.2) is 0 Å². The largest absolute Gasteiger partial charge is 0.497 e. The van der Waals surface area contributed by atoms with Crippen molar-refractivity contribution in [3.63, 3.8) is 0 Å². The number of hydrogen-bond donors (Lipinski definition) is 0. The molecule has 0 N–H and O–H groups in total. The fourth-order valence-electron chi connectivity index (χ4n) is 3.75. The van der Waals surface area contributed by atoms with Gasteiger partial charge in [-0.05, 0) is 36.9 Å². The number of amides is 1. The molecule has 27 heavy (non-hydrogen) atoms. The van der Waals surface area contributed by atoms with Crippen molar-refractivity contribution in [1.29, 1.82) is 0 Å². The number of carbonyl (C=O) groups excluding carboxylic acids is 1. The summed E-state index contributed by atoms with van der Waals surface area (Å²) < 4.78 is 7.34. The van der Waals surface area contributed by atoms with Gasteiger partial charge < -0.3 is 14.5 Å². The fraction of sp³-hybridized carbons (Fsp3) is 0.524. The van der Waals surface area contributed by atoms with E-state index in [-0.39, 0.29) is 5.91 Å². The van der Waals surface area contributed by atoms with E-state index >= 15 is 0 Å². The topological polar surface area (TPSA) is 50.6 Å². The van der Waals surface area contributed by atoms with Gasteiger partial charge in [-0.1, -0.05) is 26.0 Å². The van der Waals surface area contributed by atoms with Crippen molar-refractivity contribution in [2.24, 2.45) is 5.92 Å². The average Bonchev–Trinajstić information content (AvgIpc) is 3.04. The van der Waals surface area contributed by atoms with E-state index in [0.717, 1.165) is 49.7 Å². The van der Waals surface area contributed by atoms with Gasteiger partial charge in [0.25, 0.3) is 0 Å². The molecule has 0 spiro atoms. The minimum atomic E-state index is 0.155. The van der Waals surface area contributed by atoms with E-state index in [4.69, 9.17) is 4.74 Å². The van der Waals surface area contributed by atoms with Gasteiger partial charge in [-0.3, -0.25) is 9.48 Å². The first kappa shape index (κ1) is 19.4. The lowest BCUT2D eigenvalue weighted by molar-refractivity contribution is -0.131. The van der Waals surface area contributed by atoms with Gasteiger partial charge in [0.2, 0.25) is 5.91 Å². The number of fused-ring (bicyclic) bond motifs is 1. The number of methoxy groups -OCH3 is 1. The summed E-state index contributed by atoms with van der Waals surface area (Å²) in [6.45, 7) is 9.65. The molecule has 1 aromatic carbocycles. The Hall–Kier alpha value is -2.34. The summed E-state index contributed by atoms with van der Waals surface area (Å²) in [6, 6.07) is 9.77. The highest BCUT2D eigenvalue weighted by Crippen LogP contribution is 2.19. The van der Waals surface area contributed by atoms with Crippen LogP contribution in [-0.4, -0.2) is 58.8 Å². The van der Waals surface area contributed by atoms with Crippen LogP contribution in [0, 0.1) is 5.92 Å². The van der Waals surface area contributed by atoms with E-state index in [1.54, 1.807) is 7.11 Å². The molecule has 0 bridgehead atoms. The maximum atomic E-state index is 13.1. The van der Waals surface area contributed by atoms with Gasteiger partial charge in [0.05, 0.1) is 25.8 Å². The number of aromatic nitrogens is 2. The van der Waals surface area contributed by atoms with Crippen LogP contribution in [0.3, 0.4) is 0 Å². The molecule has 0 radical (unpaired) electrons. The Labute approximate surface area is 161 Å². The Bertz CT molecular complexity index is 754. The normalized spacial score (nSPS) is 16.9. The summed E-state index contributed by atoms with van der Waals surface area (Å²) in [4.78, 5) is 17.5. The predicted molar refractivity (Wildman–Crippen MR) is 106 cm³/mol. The van der Waals surface area contributed by atoms with Crippen LogP contribution in [-0.2, 0) is 24.3 Å². The number of nitrogens with zero attached hydrogens (tertiary/aromatic N) is 4. The molecule has 0 fully saturated rings. The maximum absolute atomic E-state index is 13.1. The summed E-state index contributed by atoms with van der Waals surface area (Å²) >= 11 is 0. The molecule has 2 aromatic rings. The van der Waals surface area contributed by atoms with Gasteiger partial charge in [-0.2, -0.15) is 5.10 Å². The summed E-state index contributed by atoms with van der Waals surface area (Å²) in [5.74, 6) is 1.32. The third kappa shape index (κ3) is 4.89. The third-order valence-corrected chi connectivity index (χ3v) is 5.32. The average molecular weight is 370 g/mol. The van der Waals surface area contributed by atoms with Crippen molar-refractivity contribution in [3.05, 3.63) is 47.8 Å². The molecule has 0 aliphatic carbocycles. The zero-order chi connectivity index (χ0) is 19.2. The summed E-state index contributed by atoms with van der Waals surface area (Å²) in [5, 5.41) is 4.47. The maximum Gasteiger partial charge on any atom is 0.227 e. The zero-order valence-corrected chi connectivity index (χ0v) is 16.6. The van der Waals surface area contributed by atoms with Gasteiger partial charge in [0, 0.05) is 31.7 Å². The van der Waals surface area contributed by atoms with E-state index in [1.165, 1.54) is 0 Å². The van der Waals surface area contributed by atoms with Crippen molar-refractivity contribution in [2.45, 2.75) is 33.4 Å². The van der Waals surface area contributed by atoms with Crippen LogP contribution in [0.4, 0.5) is 0 Å². The number of hydrogen-bond acceptors (Lipinski definition) is 4. The molecule has 0 saturated carbocycles. The predicted octanol–water partition coefficient (Wildman–Crippen LogP) is 2.43. The van der Waals surface area contributed by atoms with E-state index in [0.29, 0.717) is 18.9 Å². The van der Waals surface area contributed by atoms with Crippen LogP contribution in [0.1, 0.15) is 25.1 Å². The molecule has 1 atom stereocenters. The highest BCUT2D eigenvalue weighted by molar-refractivity contribution is 5.79. The molecular formula is C21H30N4O2. The number of ether oxygens (including phenoxy) is 1. The summed E-state index contributed by atoms with van der Waals surface area (Å²) in [6.07, 6.45) is 2.23. The molecule has 6 nitrogen and oxygen atoms in total. The Morgan fingerprint density at radius 3 is 2.81 bits per heavy atom. The zero-order valence-electron chi connectivity index (χ0n) is 16.6. The lowest BCUT2D eigenvalue weighted by atomic mass is 10.1. The Morgan fingerprint density at radius 2 is 2.07 bits per heavy atom. The first-order valence-electron chi connectivity index (χ1n) is 9.76. The van der Waals surface area contributed by atoms with Crippen LogP contribution in [0.25, 0.3) is 0 Å². The van der Waals surface area contributed by atoms with E-state index in [1.807, 2.05) is 41.4 Å². The number of carbonyl (C=O) groups is 1. The van der Waals surface area contributed by atoms with Crippen LogP contribution < -0.4 is 4.74 Å². The highest BCUT2D eigenvalue weighted by Gasteiger charge is 2.26. The number of benzene rings is 1. The lowest BCUT2D eigenvalue weighted by Crippen LogP contribution is -2.39. The third-order valence-electron chi connectivity index (χ3n) is 5.32. The van der Waals surface area contributed by atoms with Crippen LogP contribution >= 0.6 is 0 Å². The molecule has 1 aliphatic heterocycles. The van der Waals surface area contributed by atoms with Gasteiger partial charge in [-0.25, -0.2) is 0 Å². The lowest BCUT2D eigenvalue weighted by Gasteiger charge is -2.28. The van der Waals surface area contributed by atoms with Crippen molar-refractivity contribution < 1.29 is 9.53 Å². The quantitative estimate of drug-likeness (QED) is 0.751. The summed E-state index contributed by atoms with van der Waals surface area (Å²) in [7, 11) is 1.65. The second-order valence-electron chi connectivity index (χ2n) is 7.16. The molecule has 1 amide bonds. The van der Waals surface area contributed by atoms with E-state index < -0.39 is 0 Å². The van der Waals surface area contributed by atoms with E-state index in [9.17, 15) is 4.79 Å². The highest BCUT2D eigenvalue weighted by atomic mass is 16.5. The molecule has 1 aliphatic rings. The molecule has 2 heterocycles. The molecule has 1 aromatic heterocycles. The smallest absolute Gasteiger partial charge is 0.227 e. The Morgan fingerprint density at radius 1 is 1.26 bits per heavy atom. The monoisotopic (exact) mass is 370 g/mol. The van der Waals surface area contributed by atoms with Crippen molar-refractivity contribution in [3.8, 4) is 5.75 Å². The molecule has 146 valence electrons. The minimum absolute atomic E-state index is 0.155. The molecule has 0 unspecified atom stereocenters. The van der Waals surface area contributed by atoms with E-state index in [2.05, 4.69) is 28.5 Å². The van der Waals surface area contributed by atoms with Crippen LogP contribution in [0.15, 0.2) is 36.5 Å². The Kier molecular flexibility index (Phi) is 6.50. The van der Waals surface area contributed by atoms with Gasteiger partial charge >= 0.3 is 0 Å². The molecule has 3 rings (SSSR count). The first-order valence-corrected chi connectivity index (χ1v) is 9.76. The second kappa shape index (κ2) is 9.04. The standard InChI is InChI=1S/C21H30N4O2/c1-4-23(5-2)13-18-14-24(16-19-9-10-22-25(19)15-18)21(26)12-17-7-6-8-20(11-17)27-3/h6-11,18H,4-5,12-16H2,1-3H3/t18-/m1/s1. The Balaban J connectivity index is 1.75. The second-order valence-corrected chi connectivity index (χ2v) is 7.16. The summed E-state index contributed by atoms with van der Waals surface area (Å²) in [5.41, 5.74) is 2.09. The van der Waals surface area contributed by atoms with Crippen molar-refractivity contribution >= 4 is 5.91 Å². The SMILES string of the molecule is CCN(CC)C[C@@H]1CN(C(=O)Cc2cccc(OC)c2)Cc2ccnn2C1.